The molecule has 0 aliphatic carbocycles. The summed E-state index contributed by atoms with van der Waals surface area (Å²) in [4.78, 5) is 0. The number of hydrogen-bond acceptors (Lipinski definition) is 1. The Bertz CT molecular complexity index is 340. The Morgan fingerprint density at radius 3 is 1.73 bits per heavy atom. The summed E-state index contributed by atoms with van der Waals surface area (Å²) in [5.74, 6) is 0. The highest BCUT2D eigenvalue weighted by Crippen LogP contribution is 2.27. The van der Waals surface area contributed by atoms with Crippen LogP contribution in [-0.4, -0.2) is 0 Å². The van der Waals surface area contributed by atoms with Gasteiger partial charge in [0, 0.05) is 5.69 Å². The fourth-order valence-electron chi connectivity index (χ4n) is 2.51. The first-order valence-electron chi connectivity index (χ1n) is 6.11. The van der Waals surface area contributed by atoms with Crippen molar-refractivity contribution in [1.82, 2.24) is 0 Å². The zero-order valence-corrected chi connectivity index (χ0v) is 10.5. The number of aryl methyl sites for hydroxylation is 1. The van der Waals surface area contributed by atoms with E-state index in [1.807, 2.05) is 0 Å². The molecule has 2 N–H and O–H groups in total. The van der Waals surface area contributed by atoms with E-state index in [1.165, 1.54) is 22.3 Å². The molecule has 84 valence electrons. The van der Waals surface area contributed by atoms with E-state index in [1.54, 1.807) is 0 Å². The van der Waals surface area contributed by atoms with Crippen LogP contribution in [0.25, 0.3) is 0 Å². The third kappa shape index (κ3) is 2.17. The van der Waals surface area contributed by atoms with Crippen molar-refractivity contribution >= 4 is 5.69 Å². The summed E-state index contributed by atoms with van der Waals surface area (Å²) in [7, 11) is 0. The molecule has 1 aromatic rings. The third-order valence-electron chi connectivity index (χ3n) is 3.24. The maximum Gasteiger partial charge on any atom is 0.0352 e. The fourth-order valence-corrected chi connectivity index (χ4v) is 2.51. The molecule has 0 aliphatic rings. The number of rotatable bonds is 4. The second-order valence-corrected chi connectivity index (χ2v) is 3.97. The fraction of sp³-hybridized carbons (Fsp3) is 0.571. The summed E-state index contributed by atoms with van der Waals surface area (Å²) < 4.78 is 0. The van der Waals surface area contributed by atoms with Crippen molar-refractivity contribution in [3.63, 3.8) is 0 Å². The second kappa shape index (κ2) is 5.20. The molecule has 0 amide bonds. The maximum absolute atomic E-state index is 6.11. The van der Waals surface area contributed by atoms with E-state index in [2.05, 4.69) is 33.8 Å². The Labute approximate surface area is 93.7 Å². The van der Waals surface area contributed by atoms with E-state index in [9.17, 15) is 0 Å². The quantitative estimate of drug-likeness (QED) is 0.748. The molecule has 0 aliphatic heterocycles. The zero-order chi connectivity index (χ0) is 11.4. The molecule has 1 heteroatoms. The number of nitrogens with two attached hydrogens (primary N) is 1. The van der Waals surface area contributed by atoms with Gasteiger partial charge in [0.1, 0.15) is 0 Å². The SMILES string of the molecule is CCc1cc(N)c(CC)c(CC)c1CC. The van der Waals surface area contributed by atoms with Crippen molar-refractivity contribution in [3.8, 4) is 0 Å². The monoisotopic (exact) mass is 205 g/mol. The van der Waals surface area contributed by atoms with Crippen LogP contribution in [-0.2, 0) is 25.7 Å². The van der Waals surface area contributed by atoms with Crippen LogP contribution in [0.4, 0.5) is 5.69 Å². The molecule has 1 rings (SSSR count). The molecule has 1 nitrogen and oxygen atoms in total. The lowest BCUT2D eigenvalue weighted by atomic mass is 9.89. The van der Waals surface area contributed by atoms with Crippen LogP contribution in [0.1, 0.15) is 49.9 Å². The van der Waals surface area contributed by atoms with E-state index in [0.29, 0.717) is 0 Å². The summed E-state index contributed by atoms with van der Waals surface area (Å²) in [6.07, 6.45) is 4.36. The number of hydrogen-bond donors (Lipinski definition) is 1. The van der Waals surface area contributed by atoms with E-state index in [0.717, 1.165) is 31.4 Å². The second-order valence-electron chi connectivity index (χ2n) is 3.97. The van der Waals surface area contributed by atoms with Gasteiger partial charge in [0.25, 0.3) is 0 Å². The van der Waals surface area contributed by atoms with Crippen LogP contribution >= 0.6 is 0 Å². The lowest BCUT2D eigenvalue weighted by Gasteiger charge is -2.18. The first-order chi connectivity index (χ1) is 7.19. The van der Waals surface area contributed by atoms with Gasteiger partial charge in [-0.1, -0.05) is 27.7 Å². The summed E-state index contributed by atoms with van der Waals surface area (Å²) in [5.41, 5.74) is 12.9. The molecular weight excluding hydrogens is 182 g/mol. The topological polar surface area (TPSA) is 26.0 Å². The molecular formula is C14H23N. The van der Waals surface area contributed by atoms with Crippen molar-refractivity contribution in [1.29, 1.82) is 0 Å². The lowest BCUT2D eigenvalue weighted by molar-refractivity contribution is 0.948. The number of anilines is 1. The van der Waals surface area contributed by atoms with Gasteiger partial charge in [-0.15, -0.1) is 0 Å². The average Bonchev–Trinajstić information content (AvgIpc) is 2.27. The van der Waals surface area contributed by atoms with E-state index < -0.39 is 0 Å². The van der Waals surface area contributed by atoms with E-state index in [-0.39, 0.29) is 0 Å². The summed E-state index contributed by atoms with van der Waals surface area (Å²) in [6.45, 7) is 8.87. The van der Waals surface area contributed by atoms with Crippen molar-refractivity contribution in [2.75, 3.05) is 5.73 Å². The van der Waals surface area contributed by atoms with Crippen LogP contribution in [0.3, 0.4) is 0 Å². The van der Waals surface area contributed by atoms with Gasteiger partial charge < -0.3 is 5.73 Å². The van der Waals surface area contributed by atoms with Gasteiger partial charge in [0.2, 0.25) is 0 Å². The summed E-state index contributed by atoms with van der Waals surface area (Å²) in [6, 6.07) is 2.18. The highest BCUT2D eigenvalue weighted by Gasteiger charge is 2.11. The third-order valence-corrected chi connectivity index (χ3v) is 3.24. The molecule has 0 aromatic heterocycles. The van der Waals surface area contributed by atoms with Gasteiger partial charge in [0.15, 0.2) is 0 Å². The Hall–Kier alpha value is -0.980. The molecule has 0 atom stereocenters. The first kappa shape index (κ1) is 12.1. The van der Waals surface area contributed by atoms with E-state index >= 15 is 0 Å². The van der Waals surface area contributed by atoms with Crippen molar-refractivity contribution in [2.24, 2.45) is 0 Å². The molecule has 0 heterocycles. The smallest absolute Gasteiger partial charge is 0.0352 e. The first-order valence-corrected chi connectivity index (χ1v) is 6.11. The van der Waals surface area contributed by atoms with Gasteiger partial charge in [0.05, 0.1) is 0 Å². The minimum atomic E-state index is 0.989. The normalized spacial score (nSPS) is 10.7. The highest BCUT2D eigenvalue weighted by atomic mass is 14.6. The average molecular weight is 205 g/mol. The summed E-state index contributed by atoms with van der Waals surface area (Å²) in [5, 5.41) is 0. The van der Waals surface area contributed by atoms with Gasteiger partial charge in [-0.2, -0.15) is 0 Å². The van der Waals surface area contributed by atoms with Crippen molar-refractivity contribution < 1.29 is 0 Å². The number of nitrogen functional groups attached to an aromatic ring is 1. The van der Waals surface area contributed by atoms with Gasteiger partial charge >= 0.3 is 0 Å². The summed E-state index contributed by atoms with van der Waals surface area (Å²) >= 11 is 0. The molecule has 0 saturated carbocycles. The largest absolute Gasteiger partial charge is 0.398 e. The Balaban J connectivity index is 3.44. The molecule has 0 unspecified atom stereocenters. The Morgan fingerprint density at radius 1 is 0.800 bits per heavy atom. The number of benzene rings is 1. The van der Waals surface area contributed by atoms with Crippen LogP contribution in [0.2, 0.25) is 0 Å². The van der Waals surface area contributed by atoms with Gasteiger partial charge in [-0.05, 0) is 54.0 Å². The van der Waals surface area contributed by atoms with Crippen LogP contribution in [0, 0.1) is 0 Å². The Morgan fingerprint density at radius 2 is 1.33 bits per heavy atom. The molecule has 0 radical (unpaired) electrons. The van der Waals surface area contributed by atoms with Crippen molar-refractivity contribution in [3.05, 3.63) is 28.3 Å². The molecule has 0 saturated heterocycles. The van der Waals surface area contributed by atoms with Crippen LogP contribution < -0.4 is 5.73 Å². The van der Waals surface area contributed by atoms with E-state index in [4.69, 9.17) is 5.73 Å². The predicted molar refractivity (Wildman–Crippen MR) is 68.4 cm³/mol. The minimum absolute atomic E-state index is 0.989. The molecule has 0 bridgehead atoms. The lowest BCUT2D eigenvalue weighted by Crippen LogP contribution is -2.06. The van der Waals surface area contributed by atoms with Crippen molar-refractivity contribution in [2.45, 2.75) is 53.4 Å². The van der Waals surface area contributed by atoms with Gasteiger partial charge in [-0.3, -0.25) is 0 Å². The Kier molecular flexibility index (Phi) is 4.19. The highest BCUT2D eigenvalue weighted by molar-refractivity contribution is 5.57. The standard InChI is InChI=1S/C14H23N/c1-5-10-9-14(15)13(8-4)12(7-3)11(10)6-2/h9H,5-8,15H2,1-4H3. The molecule has 0 fully saturated rings. The minimum Gasteiger partial charge on any atom is -0.398 e. The zero-order valence-electron chi connectivity index (χ0n) is 10.5. The van der Waals surface area contributed by atoms with Gasteiger partial charge in [-0.25, -0.2) is 0 Å². The van der Waals surface area contributed by atoms with Crippen LogP contribution in [0.5, 0.6) is 0 Å². The molecule has 0 spiro atoms. The maximum atomic E-state index is 6.11. The van der Waals surface area contributed by atoms with Crippen LogP contribution in [0.15, 0.2) is 6.07 Å². The predicted octanol–water partition coefficient (Wildman–Crippen LogP) is 3.52. The molecule has 1 aromatic carbocycles. The molecule has 15 heavy (non-hydrogen) atoms.